The third-order valence-electron chi connectivity index (χ3n) is 12.9. The van der Waals surface area contributed by atoms with Crippen LogP contribution >= 0.6 is 0 Å². The minimum Gasteiger partial charge on any atom is -0.208 e. The van der Waals surface area contributed by atoms with Gasteiger partial charge in [-0.25, -0.2) is 29.9 Å². The number of rotatable bonds is 11. The standard InChI is InChI=1S/C66H44N6/c1-5-17-45(18-6-1)47-29-37-53(38-30-47)63-67-61(51-21-9-3-10-22-51)69-65(71-63)55-41-33-49(34-42-55)57-25-13-15-27-59(57)60-28-16-14-26-58(60)50-35-43-56(44-36-50)66-70-62(52-23-11-4-12-24-52)68-64(72-66)54-39-31-48(32-40-54)46-19-7-2-8-20-46/h1-44H. The highest BCUT2D eigenvalue weighted by Crippen LogP contribution is 2.39. The lowest BCUT2D eigenvalue weighted by atomic mass is 9.89. The first-order valence-electron chi connectivity index (χ1n) is 24.0. The van der Waals surface area contributed by atoms with E-state index in [1.807, 2.05) is 72.8 Å². The second-order valence-electron chi connectivity index (χ2n) is 17.5. The van der Waals surface area contributed by atoms with Gasteiger partial charge in [-0.05, 0) is 55.6 Å². The Labute approximate surface area is 418 Å². The van der Waals surface area contributed by atoms with Crippen molar-refractivity contribution in [1.29, 1.82) is 0 Å². The zero-order chi connectivity index (χ0) is 48.1. The van der Waals surface area contributed by atoms with Gasteiger partial charge in [0, 0.05) is 33.4 Å². The highest BCUT2D eigenvalue weighted by Gasteiger charge is 2.17. The Kier molecular flexibility index (Phi) is 11.9. The SMILES string of the molecule is c1ccc(-c2ccc(-c3nc(-c4ccccc4)nc(-c4ccc(-c5ccccc5-c5ccccc5-c5ccc(-c6nc(-c7ccccc7)nc(-c7ccc(-c8ccccc8)cc7)n6)cc5)cc4)n3)cc2)cc1. The molecule has 2 aromatic heterocycles. The van der Waals surface area contributed by atoms with Crippen molar-refractivity contribution in [2.75, 3.05) is 0 Å². The fraction of sp³-hybridized carbons (Fsp3) is 0. The predicted molar refractivity (Wildman–Crippen MR) is 293 cm³/mol. The summed E-state index contributed by atoms with van der Waals surface area (Å²) in [7, 11) is 0. The molecule has 0 N–H and O–H groups in total. The Bertz CT molecular complexity index is 3540. The van der Waals surface area contributed by atoms with Crippen LogP contribution in [0.25, 0.3) is 124 Å². The van der Waals surface area contributed by atoms with Crippen molar-refractivity contribution in [3.8, 4) is 124 Å². The zero-order valence-electron chi connectivity index (χ0n) is 39.1. The molecule has 0 saturated carbocycles. The lowest BCUT2D eigenvalue weighted by Gasteiger charge is -2.15. The molecule has 0 unspecified atom stereocenters. The number of hydrogen-bond donors (Lipinski definition) is 0. The minimum atomic E-state index is 0.613. The molecule has 0 bridgehead atoms. The average molecular weight is 921 g/mol. The fourth-order valence-corrected chi connectivity index (χ4v) is 9.12. The molecule has 12 rings (SSSR count). The van der Waals surface area contributed by atoms with Crippen LogP contribution in [0.4, 0.5) is 0 Å². The maximum atomic E-state index is 5.06. The van der Waals surface area contributed by atoms with E-state index in [0.717, 1.165) is 89.0 Å². The van der Waals surface area contributed by atoms with Crippen LogP contribution in [0.1, 0.15) is 0 Å². The lowest BCUT2D eigenvalue weighted by molar-refractivity contribution is 1.07. The molecule has 0 spiro atoms. The zero-order valence-corrected chi connectivity index (χ0v) is 39.1. The number of aromatic nitrogens is 6. The molecule has 0 aliphatic carbocycles. The summed E-state index contributed by atoms with van der Waals surface area (Å²) in [6.45, 7) is 0. The molecule has 12 aromatic rings. The molecule has 6 nitrogen and oxygen atoms in total. The third kappa shape index (κ3) is 9.11. The normalized spacial score (nSPS) is 11.1. The van der Waals surface area contributed by atoms with Gasteiger partial charge >= 0.3 is 0 Å². The minimum absolute atomic E-state index is 0.613. The van der Waals surface area contributed by atoms with Gasteiger partial charge in [-0.1, -0.05) is 267 Å². The van der Waals surface area contributed by atoms with Crippen molar-refractivity contribution >= 4 is 0 Å². The van der Waals surface area contributed by atoms with Gasteiger partial charge in [0.05, 0.1) is 0 Å². The highest BCUT2D eigenvalue weighted by molar-refractivity contribution is 5.92. The summed E-state index contributed by atoms with van der Waals surface area (Å²) in [5, 5.41) is 0. The van der Waals surface area contributed by atoms with E-state index in [1.165, 1.54) is 0 Å². The van der Waals surface area contributed by atoms with E-state index in [9.17, 15) is 0 Å². The van der Waals surface area contributed by atoms with Gasteiger partial charge in [0.1, 0.15) is 0 Å². The van der Waals surface area contributed by atoms with Gasteiger partial charge in [0.15, 0.2) is 34.9 Å². The average Bonchev–Trinajstić information content (AvgIpc) is 3.48. The van der Waals surface area contributed by atoms with E-state index in [-0.39, 0.29) is 0 Å². The fourth-order valence-electron chi connectivity index (χ4n) is 9.12. The number of nitrogens with zero attached hydrogens (tertiary/aromatic N) is 6. The molecule has 10 aromatic carbocycles. The van der Waals surface area contributed by atoms with E-state index in [1.54, 1.807) is 0 Å². The first-order chi connectivity index (χ1) is 35.7. The maximum absolute atomic E-state index is 5.06. The van der Waals surface area contributed by atoms with E-state index in [0.29, 0.717) is 34.9 Å². The first-order valence-corrected chi connectivity index (χ1v) is 24.0. The Morgan fingerprint density at radius 3 is 0.556 bits per heavy atom. The Balaban J connectivity index is 0.854. The van der Waals surface area contributed by atoms with Gasteiger partial charge in [-0.15, -0.1) is 0 Å². The van der Waals surface area contributed by atoms with Crippen molar-refractivity contribution in [2.45, 2.75) is 0 Å². The third-order valence-corrected chi connectivity index (χ3v) is 12.9. The summed E-state index contributed by atoms with van der Waals surface area (Å²) in [5.41, 5.74) is 16.8. The Hall–Kier alpha value is -9.78. The lowest BCUT2D eigenvalue weighted by Crippen LogP contribution is -2.00. The topological polar surface area (TPSA) is 77.3 Å². The van der Waals surface area contributed by atoms with Gasteiger partial charge in [0.2, 0.25) is 0 Å². The van der Waals surface area contributed by atoms with Gasteiger partial charge in [0.25, 0.3) is 0 Å². The van der Waals surface area contributed by atoms with Crippen LogP contribution in [0.15, 0.2) is 267 Å². The van der Waals surface area contributed by atoms with Crippen LogP contribution < -0.4 is 0 Å². The van der Waals surface area contributed by atoms with Crippen LogP contribution in [0, 0.1) is 0 Å². The number of hydrogen-bond acceptors (Lipinski definition) is 6. The summed E-state index contributed by atoms with van der Waals surface area (Å²) in [6.07, 6.45) is 0. The highest BCUT2D eigenvalue weighted by atomic mass is 15.0. The summed E-state index contributed by atoms with van der Waals surface area (Å²) in [4.78, 5) is 30.1. The second-order valence-corrected chi connectivity index (χ2v) is 17.5. The van der Waals surface area contributed by atoms with Crippen molar-refractivity contribution in [2.24, 2.45) is 0 Å². The van der Waals surface area contributed by atoms with E-state index in [4.69, 9.17) is 29.9 Å². The summed E-state index contributed by atoms with van der Waals surface area (Å²) >= 11 is 0. The largest absolute Gasteiger partial charge is 0.208 e. The summed E-state index contributed by atoms with van der Waals surface area (Å²) < 4.78 is 0. The summed E-state index contributed by atoms with van der Waals surface area (Å²) in [6, 6.07) is 92.1. The maximum Gasteiger partial charge on any atom is 0.164 e. The predicted octanol–water partition coefficient (Wildman–Crippen LogP) is 16.4. The van der Waals surface area contributed by atoms with Crippen LogP contribution in [-0.4, -0.2) is 29.9 Å². The Morgan fingerprint density at radius 2 is 0.292 bits per heavy atom. The molecule has 72 heavy (non-hydrogen) atoms. The van der Waals surface area contributed by atoms with Crippen LogP contribution in [0.5, 0.6) is 0 Å². The van der Waals surface area contributed by atoms with Crippen LogP contribution in [0.3, 0.4) is 0 Å². The van der Waals surface area contributed by atoms with Crippen LogP contribution in [0.2, 0.25) is 0 Å². The molecule has 338 valence electrons. The first kappa shape index (κ1) is 43.5. The molecule has 0 atom stereocenters. The van der Waals surface area contributed by atoms with Crippen molar-refractivity contribution < 1.29 is 0 Å². The quantitative estimate of drug-likeness (QED) is 0.129. The monoisotopic (exact) mass is 920 g/mol. The van der Waals surface area contributed by atoms with E-state index >= 15 is 0 Å². The smallest absolute Gasteiger partial charge is 0.164 e. The molecule has 2 heterocycles. The van der Waals surface area contributed by atoms with Gasteiger partial charge < -0.3 is 0 Å². The molecule has 0 fully saturated rings. The summed E-state index contributed by atoms with van der Waals surface area (Å²) in [5.74, 6) is 3.72. The van der Waals surface area contributed by atoms with Crippen molar-refractivity contribution in [3.63, 3.8) is 0 Å². The van der Waals surface area contributed by atoms with Crippen LogP contribution in [-0.2, 0) is 0 Å². The second kappa shape index (κ2) is 19.7. The number of benzene rings is 10. The Morgan fingerprint density at radius 1 is 0.125 bits per heavy atom. The molecule has 0 amide bonds. The van der Waals surface area contributed by atoms with E-state index < -0.39 is 0 Å². The van der Waals surface area contributed by atoms with Gasteiger partial charge in [-0.3, -0.25) is 0 Å². The molecule has 0 radical (unpaired) electrons. The van der Waals surface area contributed by atoms with Gasteiger partial charge in [-0.2, -0.15) is 0 Å². The van der Waals surface area contributed by atoms with Crippen molar-refractivity contribution in [1.82, 2.24) is 29.9 Å². The molecular weight excluding hydrogens is 877 g/mol. The molecule has 0 saturated heterocycles. The molecule has 6 heteroatoms. The van der Waals surface area contributed by atoms with E-state index in [2.05, 4.69) is 194 Å². The molecule has 0 aliphatic rings. The molecule has 0 aliphatic heterocycles. The van der Waals surface area contributed by atoms with Crippen molar-refractivity contribution in [3.05, 3.63) is 267 Å². The molecular formula is C66H44N6.